The van der Waals surface area contributed by atoms with Crippen molar-refractivity contribution in [1.29, 1.82) is 0 Å². The minimum Gasteiger partial charge on any atom is -0.404 e. The lowest BCUT2D eigenvalue weighted by Crippen LogP contribution is -2.68. The van der Waals surface area contributed by atoms with Crippen LogP contribution in [-0.2, 0) is 4.43 Å². The van der Waals surface area contributed by atoms with Gasteiger partial charge in [0.05, 0.1) is 12.2 Å². The maximum atomic E-state index is 11.4. The van der Waals surface area contributed by atoms with E-state index in [9.17, 15) is 5.11 Å². The van der Waals surface area contributed by atoms with E-state index in [-0.39, 0.29) is 11.1 Å². The van der Waals surface area contributed by atoms with Gasteiger partial charge in [-0.1, -0.05) is 153 Å². The monoisotopic (exact) mass is 650 g/mol. The Bertz CT molecular complexity index is 1410. The van der Waals surface area contributed by atoms with Crippen molar-refractivity contribution in [1.82, 2.24) is 0 Å². The number of aliphatic hydroxyl groups is 1. The molecule has 3 heteroatoms. The molecule has 0 amide bonds. The fourth-order valence-electron chi connectivity index (χ4n) is 9.33. The highest BCUT2D eigenvalue weighted by Crippen LogP contribution is 2.59. The van der Waals surface area contributed by atoms with Crippen LogP contribution in [0.2, 0.25) is 5.04 Å². The van der Waals surface area contributed by atoms with Crippen LogP contribution in [0.15, 0.2) is 108 Å². The van der Waals surface area contributed by atoms with Gasteiger partial charge < -0.3 is 9.53 Å². The van der Waals surface area contributed by atoms with Crippen LogP contribution >= 0.6 is 0 Å². The summed E-state index contributed by atoms with van der Waals surface area (Å²) in [7, 11) is -2.73. The van der Waals surface area contributed by atoms with Gasteiger partial charge in [-0.15, -0.1) is 0 Å². The second-order valence-electron chi connectivity index (χ2n) is 16.8. The van der Waals surface area contributed by atoms with Crippen molar-refractivity contribution >= 4 is 18.7 Å². The number of fused-ring (bicyclic) bond motifs is 1. The third-order valence-electron chi connectivity index (χ3n) is 12.4. The van der Waals surface area contributed by atoms with Crippen LogP contribution in [0.5, 0.6) is 0 Å². The summed E-state index contributed by atoms with van der Waals surface area (Å²) in [6.45, 7) is 23.4. The molecule has 3 saturated carbocycles. The van der Waals surface area contributed by atoms with Gasteiger partial charge >= 0.3 is 0 Å². The van der Waals surface area contributed by atoms with Crippen LogP contribution in [0.1, 0.15) is 100 Å². The fourth-order valence-corrected chi connectivity index (χ4v) is 14.0. The second-order valence-corrected chi connectivity index (χ2v) is 21.0. The molecule has 3 aliphatic rings. The zero-order valence-electron chi connectivity index (χ0n) is 30.6. The predicted octanol–water partition coefficient (Wildman–Crippen LogP) is 10.2. The lowest BCUT2D eigenvalue weighted by molar-refractivity contribution is 0.0953. The highest BCUT2D eigenvalue weighted by atomic mass is 28.4. The summed E-state index contributed by atoms with van der Waals surface area (Å²) in [4.78, 5) is 0. The van der Waals surface area contributed by atoms with E-state index in [1.807, 2.05) is 0 Å². The van der Waals surface area contributed by atoms with Crippen molar-refractivity contribution < 1.29 is 9.53 Å². The number of hydrogen-bond acceptors (Lipinski definition) is 2. The van der Waals surface area contributed by atoms with Crippen LogP contribution in [0.3, 0.4) is 0 Å². The van der Waals surface area contributed by atoms with E-state index in [0.29, 0.717) is 35.5 Å². The molecule has 7 atom stereocenters. The molecule has 0 spiro atoms. The summed E-state index contributed by atoms with van der Waals surface area (Å²) < 4.78 is 7.51. The Balaban J connectivity index is 1.42. The van der Waals surface area contributed by atoms with Gasteiger partial charge in [0.15, 0.2) is 0 Å². The van der Waals surface area contributed by atoms with Gasteiger partial charge in [-0.2, -0.15) is 0 Å². The van der Waals surface area contributed by atoms with Crippen molar-refractivity contribution in [2.45, 2.75) is 118 Å². The lowest BCUT2D eigenvalue weighted by Gasteiger charge is -2.46. The molecule has 2 aromatic rings. The third-order valence-corrected chi connectivity index (χ3v) is 17.5. The Morgan fingerprint density at radius 3 is 2.11 bits per heavy atom. The van der Waals surface area contributed by atoms with Crippen LogP contribution < -0.4 is 10.4 Å². The molecular formula is C44H62O2Si. The summed E-state index contributed by atoms with van der Waals surface area (Å²) in [5.74, 6) is 3.29. The summed E-state index contributed by atoms with van der Waals surface area (Å²) in [6, 6.07) is 21.7. The minimum absolute atomic E-state index is 0.0835. The Hall–Kier alpha value is -2.46. The molecule has 0 aromatic heterocycles. The van der Waals surface area contributed by atoms with Crippen LogP contribution in [-0.4, -0.2) is 25.6 Å². The van der Waals surface area contributed by atoms with Crippen molar-refractivity contribution in [3.8, 4) is 0 Å². The van der Waals surface area contributed by atoms with Gasteiger partial charge in [0.25, 0.3) is 8.32 Å². The van der Waals surface area contributed by atoms with E-state index in [4.69, 9.17) is 4.43 Å². The molecule has 2 aromatic carbocycles. The maximum Gasteiger partial charge on any atom is 0.261 e. The average molecular weight is 651 g/mol. The van der Waals surface area contributed by atoms with Gasteiger partial charge in [0.2, 0.25) is 0 Å². The zero-order valence-corrected chi connectivity index (χ0v) is 31.6. The largest absolute Gasteiger partial charge is 0.404 e. The Kier molecular flexibility index (Phi) is 11.1. The zero-order chi connectivity index (χ0) is 34.0. The number of hydrogen-bond donors (Lipinski definition) is 1. The van der Waals surface area contributed by atoms with Crippen molar-refractivity contribution in [2.24, 2.45) is 35.0 Å². The molecule has 5 rings (SSSR count). The van der Waals surface area contributed by atoms with Gasteiger partial charge in [0, 0.05) is 6.42 Å². The SMILES string of the molecule is C=C1/C(=C/C=C2\CCC[C@]3(C)[C@@H]([C@H](C)/C=C/[C@H](C)C(C)C)CC[C@@H]23)C[C@@H](O[Si](c2ccccc2)(c2ccccc2)C(C)(C)C)C[C@@H]1O. The molecule has 0 heterocycles. The molecule has 254 valence electrons. The highest BCUT2D eigenvalue weighted by molar-refractivity contribution is 6.99. The third kappa shape index (κ3) is 7.29. The molecule has 3 fully saturated rings. The van der Waals surface area contributed by atoms with Gasteiger partial charge in [0.1, 0.15) is 0 Å². The molecule has 0 radical (unpaired) electrons. The Labute approximate surface area is 288 Å². The van der Waals surface area contributed by atoms with E-state index in [1.165, 1.54) is 42.5 Å². The van der Waals surface area contributed by atoms with Gasteiger partial charge in [-0.05, 0) is 100 Å². The summed E-state index contributed by atoms with van der Waals surface area (Å²) in [6.07, 6.45) is 16.8. The first-order chi connectivity index (χ1) is 22.3. The minimum atomic E-state index is -2.73. The second kappa shape index (κ2) is 14.6. The normalized spacial score (nSPS) is 30.3. The first-order valence-electron chi connectivity index (χ1n) is 18.5. The van der Waals surface area contributed by atoms with E-state index in [2.05, 4.69) is 147 Å². The highest BCUT2D eigenvalue weighted by Gasteiger charge is 2.52. The van der Waals surface area contributed by atoms with Crippen molar-refractivity contribution in [2.75, 3.05) is 0 Å². The quantitative estimate of drug-likeness (QED) is 0.216. The lowest BCUT2D eigenvalue weighted by atomic mass is 9.61. The van der Waals surface area contributed by atoms with Crippen LogP contribution in [0.4, 0.5) is 0 Å². The topological polar surface area (TPSA) is 29.5 Å². The Morgan fingerprint density at radius 2 is 1.53 bits per heavy atom. The van der Waals surface area contributed by atoms with E-state index < -0.39 is 14.4 Å². The van der Waals surface area contributed by atoms with E-state index in [1.54, 1.807) is 5.57 Å². The molecule has 0 unspecified atom stereocenters. The molecule has 0 saturated heterocycles. The molecular weight excluding hydrogens is 589 g/mol. The van der Waals surface area contributed by atoms with Crippen molar-refractivity contribution in [3.05, 3.63) is 108 Å². The number of benzene rings is 2. The molecule has 3 aliphatic carbocycles. The molecule has 47 heavy (non-hydrogen) atoms. The summed E-state index contributed by atoms with van der Waals surface area (Å²) in [5.41, 5.74) is 3.98. The summed E-state index contributed by atoms with van der Waals surface area (Å²) >= 11 is 0. The molecule has 1 N–H and O–H groups in total. The van der Waals surface area contributed by atoms with Gasteiger partial charge in [-0.25, -0.2) is 0 Å². The average Bonchev–Trinajstić information content (AvgIpc) is 3.41. The number of allylic oxidation sites excluding steroid dienone is 5. The van der Waals surface area contributed by atoms with E-state index >= 15 is 0 Å². The molecule has 0 aliphatic heterocycles. The first kappa shape index (κ1) is 35.8. The Morgan fingerprint density at radius 1 is 0.915 bits per heavy atom. The van der Waals surface area contributed by atoms with Crippen LogP contribution in [0.25, 0.3) is 0 Å². The molecule has 2 nitrogen and oxygen atoms in total. The summed E-state index contributed by atoms with van der Waals surface area (Å²) in [5, 5.41) is 13.8. The first-order valence-corrected chi connectivity index (χ1v) is 20.4. The predicted molar refractivity (Wildman–Crippen MR) is 204 cm³/mol. The fraction of sp³-hybridized carbons (Fsp3) is 0.545. The molecule has 0 bridgehead atoms. The van der Waals surface area contributed by atoms with E-state index in [0.717, 1.165) is 23.5 Å². The standard InChI is InChI=1S/C44H62O2Si/c1-31(2)32(3)22-23-33(4)40-26-27-41-35(17-16-28-44(40,41)9)24-25-36-29-37(30-42(45)34(36)5)46-47(43(6,7)8,38-18-12-10-13-19-38)39-20-14-11-15-21-39/h10-15,18-25,31-33,37,40-42,45H,5,16-17,26-30H2,1-4,6-9H3/b23-22+,35-24+,36-25+/t32-,33+,37+,40+,41-,42-,44+/m0/s1. The number of rotatable bonds is 9. The van der Waals surface area contributed by atoms with Crippen molar-refractivity contribution in [3.63, 3.8) is 0 Å². The maximum absolute atomic E-state index is 11.4. The number of aliphatic hydroxyl groups excluding tert-OH is 1. The smallest absolute Gasteiger partial charge is 0.261 e. The van der Waals surface area contributed by atoms with Crippen LogP contribution in [0, 0.1) is 35.0 Å². The van der Waals surface area contributed by atoms with Gasteiger partial charge in [-0.3, -0.25) is 0 Å².